The number of aryl methyl sites for hydroxylation is 1. The first kappa shape index (κ1) is 17.1. The van der Waals surface area contributed by atoms with Crippen molar-refractivity contribution in [3.05, 3.63) is 36.2 Å². The second-order valence-electron chi connectivity index (χ2n) is 3.91. The van der Waals surface area contributed by atoms with E-state index in [2.05, 4.69) is 24.6 Å². The number of para-hydroxylation sites is 1. The standard InChI is InChI=1S/C8H10AsNO5.C3H5N3/c1-6(11)10-8-5-3-2-4-7(8)9(12,13)15-14;1-3-2-4-6-5-3/h2-5,14H,1H3,(H,10,11)(H,12,13);2H,1H3,(H,4,5,6). The molecule has 4 N–H and O–H groups in total. The van der Waals surface area contributed by atoms with Gasteiger partial charge in [0, 0.05) is 0 Å². The van der Waals surface area contributed by atoms with E-state index >= 15 is 0 Å². The number of amides is 1. The van der Waals surface area contributed by atoms with Crippen LogP contribution in [0.2, 0.25) is 0 Å². The maximum Gasteiger partial charge on any atom is 0.0793 e. The summed E-state index contributed by atoms with van der Waals surface area (Å²) in [6, 6.07) is 5.84. The molecule has 21 heavy (non-hydrogen) atoms. The Bertz CT molecular complexity index is 631. The predicted molar refractivity (Wildman–Crippen MR) is 73.9 cm³/mol. The number of hydrogen-bond acceptors (Lipinski definition) is 6. The largest absolute Gasteiger partial charge is 0.198 e. The van der Waals surface area contributed by atoms with E-state index < -0.39 is 14.2 Å². The third-order valence-corrected chi connectivity index (χ3v) is 4.73. The van der Waals surface area contributed by atoms with Gasteiger partial charge in [-0.15, -0.1) is 0 Å². The average molecular weight is 358 g/mol. The van der Waals surface area contributed by atoms with Crippen LogP contribution in [0.15, 0.2) is 30.5 Å². The number of anilines is 1. The van der Waals surface area contributed by atoms with E-state index in [0.29, 0.717) is 0 Å². The third kappa shape index (κ3) is 5.52. The predicted octanol–water partition coefficient (Wildman–Crippen LogP) is -0.184. The zero-order valence-corrected chi connectivity index (χ0v) is 13.2. The minimum Gasteiger partial charge on any atom is -0.198 e. The summed E-state index contributed by atoms with van der Waals surface area (Å²) in [5.74, 6) is -0.379. The molecule has 0 saturated heterocycles. The molecule has 1 unspecified atom stereocenters. The van der Waals surface area contributed by atoms with Crippen LogP contribution in [0, 0.1) is 6.92 Å². The van der Waals surface area contributed by atoms with Crippen molar-refractivity contribution >= 4 is 30.1 Å². The van der Waals surface area contributed by atoms with Gasteiger partial charge in [0.15, 0.2) is 0 Å². The van der Waals surface area contributed by atoms with Gasteiger partial charge in [-0.2, -0.15) is 15.4 Å². The normalized spacial score (nSPS) is 12.8. The molecule has 0 aliphatic rings. The molecule has 0 aliphatic heterocycles. The molecule has 0 radical (unpaired) electrons. The molecule has 0 aliphatic carbocycles. The second kappa shape index (κ2) is 7.75. The zero-order valence-electron chi connectivity index (χ0n) is 11.3. The molecule has 1 atom stereocenters. The fourth-order valence-electron chi connectivity index (χ4n) is 1.32. The molecule has 9 nitrogen and oxygen atoms in total. The van der Waals surface area contributed by atoms with Crippen LogP contribution in [-0.2, 0) is 12.4 Å². The van der Waals surface area contributed by atoms with Gasteiger partial charge in [0.25, 0.3) is 0 Å². The van der Waals surface area contributed by atoms with Crippen molar-refractivity contribution in [2.45, 2.75) is 13.8 Å². The van der Waals surface area contributed by atoms with Gasteiger partial charge in [0.05, 0.1) is 11.9 Å². The molecular weight excluding hydrogens is 343 g/mol. The van der Waals surface area contributed by atoms with Crippen molar-refractivity contribution < 1.29 is 21.8 Å². The van der Waals surface area contributed by atoms with Crippen molar-refractivity contribution in [3.8, 4) is 0 Å². The number of aromatic amines is 1. The molecule has 0 spiro atoms. The van der Waals surface area contributed by atoms with Crippen molar-refractivity contribution in [2.24, 2.45) is 0 Å². The van der Waals surface area contributed by atoms with Crippen LogP contribution in [0.5, 0.6) is 0 Å². The van der Waals surface area contributed by atoms with Crippen LogP contribution >= 0.6 is 0 Å². The van der Waals surface area contributed by atoms with E-state index in [0.717, 1.165) is 5.69 Å². The molecule has 0 saturated carbocycles. The molecule has 1 heterocycles. The number of benzene rings is 1. The van der Waals surface area contributed by atoms with Gasteiger partial charge in [-0.1, -0.05) is 0 Å². The van der Waals surface area contributed by atoms with Crippen molar-refractivity contribution in [1.29, 1.82) is 0 Å². The zero-order chi connectivity index (χ0) is 15.9. The Kier molecular flexibility index (Phi) is 6.32. The molecule has 1 amide bonds. The first-order valence-electron chi connectivity index (χ1n) is 5.72. The summed E-state index contributed by atoms with van der Waals surface area (Å²) in [7, 11) is 0. The SMILES string of the molecule is CC(=O)Nc1ccccc1[As](=O)(O)OO.Cc1cn[nH]n1. The molecule has 1 aromatic heterocycles. The van der Waals surface area contributed by atoms with Gasteiger partial charge in [-0.3, -0.25) is 0 Å². The number of rotatable bonds is 3. The molecule has 10 heteroatoms. The average Bonchev–Trinajstić information content (AvgIpc) is 2.90. The van der Waals surface area contributed by atoms with E-state index in [1.807, 2.05) is 6.92 Å². The Labute approximate surface area is 123 Å². The van der Waals surface area contributed by atoms with E-state index in [-0.39, 0.29) is 15.9 Å². The quantitative estimate of drug-likeness (QED) is 0.339. The molecule has 1 aromatic carbocycles. The Morgan fingerprint density at radius 1 is 1.43 bits per heavy atom. The number of carbonyl (C=O) groups excluding carboxylic acids is 1. The monoisotopic (exact) mass is 358 g/mol. The van der Waals surface area contributed by atoms with Crippen LogP contribution in [0.3, 0.4) is 0 Å². The fourth-order valence-corrected chi connectivity index (χ4v) is 2.99. The summed E-state index contributed by atoms with van der Waals surface area (Å²) in [5, 5.41) is 20.4. The van der Waals surface area contributed by atoms with Crippen molar-refractivity contribution in [2.75, 3.05) is 5.32 Å². The maximum absolute atomic E-state index is 11.4. The maximum atomic E-state index is 11.4. The van der Waals surface area contributed by atoms with Gasteiger partial charge in [-0.25, -0.2) is 0 Å². The topological polar surface area (TPSA) is 137 Å². The molecule has 2 aromatic rings. The van der Waals surface area contributed by atoms with E-state index in [9.17, 15) is 12.6 Å². The number of H-pyrrole nitrogens is 1. The fraction of sp³-hybridized carbons (Fsp3) is 0.182. The minimum atomic E-state index is -4.92. The van der Waals surface area contributed by atoms with Crippen LogP contribution in [0.25, 0.3) is 0 Å². The number of nitrogens with one attached hydrogen (secondary N) is 2. The molecule has 2 rings (SSSR count). The summed E-state index contributed by atoms with van der Waals surface area (Å²) in [4.78, 5) is 10.8. The Hall–Kier alpha value is -1.93. The van der Waals surface area contributed by atoms with Gasteiger partial charge in [0.2, 0.25) is 0 Å². The summed E-state index contributed by atoms with van der Waals surface area (Å²) < 4.78 is 24.1. The second-order valence-corrected chi connectivity index (χ2v) is 7.45. The van der Waals surface area contributed by atoms with Crippen molar-refractivity contribution in [3.63, 3.8) is 0 Å². The van der Waals surface area contributed by atoms with Crippen LogP contribution in [0.1, 0.15) is 12.6 Å². The summed E-state index contributed by atoms with van der Waals surface area (Å²) in [6.07, 6.45) is 1.67. The Balaban J connectivity index is 0.000000304. The van der Waals surface area contributed by atoms with E-state index in [1.54, 1.807) is 12.3 Å². The number of aromatic nitrogens is 3. The molecule has 0 fully saturated rings. The molecular formula is C11H15AsN4O5. The van der Waals surface area contributed by atoms with Crippen molar-refractivity contribution in [1.82, 2.24) is 15.4 Å². The van der Waals surface area contributed by atoms with Crippen LogP contribution < -0.4 is 9.67 Å². The number of carbonyl (C=O) groups is 1. The first-order chi connectivity index (χ1) is 9.86. The Morgan fingerprint density at radius 3 is 2.52 bits per heavy atom. The summed E-state index contributed by atoms with van der Waals surface area (Å²) >= 11 is -4.92. The minimum absolute atomic E-state index is 0.103. The third-order valence-electron chi connectivity index (χ3n) is 2.17. The van der Waals surface area contributed by atoms with Gasteiger partial charge < -0.3 is 0 Å². The van der Waals surface area contributed by atoms with Crippen LogP contribution in [-0.4, -0.2) is 44.8 Å². The van der Waals surface area contributed by atoms with Gasteiger partial charge in [0.1, 0.15) is 0 Å². The summed E-state index contributed by atoms with van der Waals surface area (Å²) in [5.41, 5.74) is 1.08. The number of nitrogens with zero attached hydrogens (tertiary/aromatic N) is 2. The number of hydrogen-bond donors (Lipinski definition) is 4. The summed E-state index contributed by atoms with van der Waals surface area (Å²) in [6.45, 7) is 3.15. The van der Waals surface area contributed by atoms with E-state index in [4.69, 9.17) is 5.26 Å². The molecule has 0 bridgehead atoms. The van der Waals surface area contributed by atoms with Crippen LogP contribution in [0.4, 0.5) is 5.69 Å². The van der Waals surface area contributed by atoms with Gasteiger partial charge >= 0.3 is 88.4 Å². The first-order valence-corrected chi connectivity index (χ1v) is 9.03. The van der Waals surface area contributed by atoms with E-state index in [1.165, 1.54) is 25.1 Å². The smallest absolute Gasteiger partial charge is 0.0793 e. The molecule has 114 valence electrons. The van der Waals surface area contributed by atoms with Gasteiger partial charge in [-0.05, 0) is 6.92 Å². The Morgan fingerprint density at radius 2 is 2.10 bits per heavy atom.